The Kier molecular flexibility index (Phi) is 9.59. The van der Waals surface area contributed by atoms with E-state index in [0.717, 1.165) is 19.3 Å². The molecule has 0 saturated heterocycles. The van der Waals surface area contributed by atoms with E-state index in [1.165, 1.54) is 19.3 Å². The van der Waals surface area contributed by atoms with Gasteiger partial charge in [0.05, 0.1) is 6.54 Å². The highest BCUT2D eigenvalue weighted by Crippen LogP contribution is 2.21. The van der Waals surface area contributed by atoms with Gasteiger partial charge in [0, 0.05) is 13.1 Å². The molecule has 0 bridgehead atoms. The predicted molar refractivity (Wildman–Crippen MR) is 81.2 cm³/mol. The third-order valence-electron chi connectivity index (χ3n) is 3.89. The van der Waals surface area contributed by atoms with Gasteiger partial charge in [0.15, 0.2) is 0 Å². The molecular formula is C14H27ClN2O3. The van der Waals surface area contributed by atoms with Crippen molar-refractivity contribution < 1.29 is 14.7 Å². The molecule has 1 rings (SSSR count). The fraction of sp³-hybridized carbons (Fsp3) is 0.857. The molecule has 1 aliphatic carbocycles. The van der Waals surface area contributed by atoms with E-state index in [9.17, 15) is 9.59 Å². The molecule has 1 unspecified atom stereocenters. The lowest BCUT2D eigenvalue weighted by atomic mass is 9.94. The first-order valence-corrected chi connectivity index (χ1v) is 7.28. The highest BCUT2D eigenvalue weighted by Gasteiger charge is 2.23. The zero-order valence-corrected chi connectivity index (χ0v) is 13.2. The Labute approximate surface area is 127 Å². The van der Waals surface area contributed by atoms with Crippen LogP contribution in [0.25, 0.3) is 0 Å². The average molecular weight is 307 g/mol. The number of halogens is 1. The number of carbonyl (C=O) groups is 2. The molecule has 1 fully saturated rings. The molecular weight excluding hydrogens is 280 g/mol. The van der Waals surface area contributed by atoms with Gasteiger partial charge < -0.3 is 10.0 Å². The number of hydrogen-bond donors (Lipinski definition) is 2. The fourth-order valence-electron chi connectivity index (χ4n) is 2.61. The maximum absolute atomic E-state index is 12.0. The Morgan fingerprint density at radius 1 is 1.30 bits per heavy atom. The average Bonchev–Trinajstić information content (AvgIpc) is 2.42. The largest absolute Gasteiger partial charge is 0.480 e. The van der Waals surface area contributed by atoms with E-state index in [4.69, 9.17) is 5.11 Å². The second-order valence-electron chi connectivity index (χ2n) is 5.36. The number of hydrogen-bond acceptors (Lipinski definition) is 3. The molecule has 0 radical (unpaired) electrons. The normalized spacial score (nSPS) is 17.1. The van der Waals surface area contributed by atoms with Crippen LogP contribution >= 0.6 is 12.4 Å². The molecule has 0 aromatic rings. The van der Waals surface area contributed by atoms with Crippen LogP contribution in [0.1, 0.15) is 51.9 Å². The lowest BCUT2D eigenvalue weighted by Crippen LogP contribution is -2.46. The minimum Gasteiger partial charge on any atom is -0.480 e. The van der Waals surface area contributed by atoms with E-state index >= 15 is 0 Å². The third kappa shape index (κ3) is 6.09. The molecule has 20 heavy (non-hydrogen) atoms. The molecule has 1 atom stereocenters. The number of likely N-dealkylation sites (N-methyl/N-ethyl adjacent to an activating group) is 1. The maximum Gasteiger partial charge on any atom is 0.320 e. The molecule has 0 aromatic carbocycles. The summed E-state index contributed by atoms with van der Waals surface area (Å²) in [6.45, 7) is 2.05. The molecule has 118 valence electrons. The monoisotopic (exact) mass is 306 g/mol. The van der Waals surface area contributed by atoms with E-state index in [0.29, 0.717) is 12.5 Å². The van der Waals surface area contributed by atoms with Gasteiger partial charge in [-0.15, -0.1) is 12.4 Å². The summed E-state index contributed by atoms with van der Waals surface area (Å²) in [7, 11) is 1.83. The second kappa shape index (κ2) is 10.00. The zero-order valence-electron chi connectivity index (χ0n) is 12.4. The topological polar surface area (TPSA) is 69.6 Å². The number of carboxylic acid groups (broad SMARTS) is 1. The summed E-state index contributed by atoms with van der Waals surface area (Å²) in [5, 5.41) is 11.9. The highest BCUT2D eigenvalue weighted by molar-refractivity contribution is 5.85. The summed E-state index contributed by atoms with van der Waals surface area (Å²) in [6.07, 6.45) is 7.10. The third-order valence-corrected chi connectivity index (χ3v) is 3.89. The van der Waals surface area contributed by atoms with Gasteiger partial charge in [0.2, 0.25) is 5.91 Å². The first-order chi connectivity index (χ1) is 9.06. The minimum atomic E-state index is -0.880. The summed E-state index contributed by atoms with van der Waals surface area (Å²) in [5.74, 6) is -0.885. The zero-order chi connectivity index (χ0) is 14.3. The van der Waals surface area contributed by atoms with Gasteiger partial charge in [-0.25, -0.2) is 0 Å². The molecule has 1 amide bonds. The van der Waals surface area contributed by atoms with Crippen molar-refractivity contribution in [2.45, 2.75) is 64.0 Å². The molecule has 0 aliphatic heterocycles. The molecule has 0 spiro atoms. The highest BCUT2D eigenvalue weighted by atomic mass is 35.5. The lowest BCUT2D eigenvalue weighted by molar-refractivity contribution is -0.140. The van der Waals surface area contributed by atoms with E-state index < -0.39 is 12.0 Å². The van der Waals surface area contributed by atoms with Crippen LogP contribution in [0.15, 0.2) is 0 Å². The predicted octanol–water partition coefficient (Wildman–Crippen LogP) is 2.04. The van der Waals surface area contributed by atoms with Gasteiger partial charge >= 0.3 is 5.97 Å². The van der Waals surface area contributed by atoms with Gasteiger partial charge in [-0.1, -0.05) is 32.6 Å². The summed E-state index contributed by atoms with van der Waals surface area (Å²) in [4.78, 5) is 24.8. The SMILES string of the molecule is CCCC(NCC(=O)N(C)C1CCCCC1)C(=O)O.Cl. The first-order valence-electron chi connectivity index (χ1n) is 7.28. The van der Waals surface area contributed by atoms with Crippen molar-refractivity contribution in [3.8, 4) is 0 Å². The molecule has 0 heterocycles. The van der Waals surface area contributed by atoms with Gasteiger partial charge in [-0.3, -0.25) is 14.9 Å². The van der Waals surface area contributed by atoms with Crippen LogP contribution in [0.2, 0.25) is 0 Å². The lowest BCUT2D eigenvalue weighted by Gasteiger charge is -2.31. The maximum atomic E-state index is 12.0. The van der Waals surface area contributed by atoms with Gasteiger partial charge in [0.25, 0.3) is 0 Å². The van der Waals surface area contributed by atoms with Crippen molar-refractivity contribution >= 4 is 24.3 Å². The fourth-order valence-corrected chi connectivity index (χ4v) is 2.61. The smallest absolute Gasteiger partial charge is 0.320 e. The summed E-state index contributed by atoms with van der Waals surface area (Å²) >= 11 is 0. The van der Waals surface area contributed by atoms with Crippen LogP contribution in [0.5, 0.6) is 0 Å². The molecule has 5 nitrogen and oxygen atoms in total. The Bertz CT molecular complexity index is 307. The van der Waals surface area contributed by atoms with E-state index in [2.05, 4.69) is 5.32 Å². The Morgan fingerprint density at radius 3 is 2.40 bits per heavy atom. The Morgan fingerprint density at radius 2 is 1.90 bits per heavy atom. The van der Waals surface area contributed by atoms with Gasteiger partial charge in [-0.05, 0) is 19.3 Å². The number of aliphatic carboxylic acids is 1. The van der Waals surface area contributed by atoms with E-state index in [1.54, 1.807) is 4.90 Å². The summed E-state index contributed by atoms with van der Waals surface area (Å²) < 4.78 is 0. The quantitative estimate of drug-likeness (QED) is 0.755. The van der Waals surface area contributed by atoms with Crippen molar-refractivity contribution in [1.82, 2.24) is 10.2 Å². The molecule has 0 aromatic heterocycles. The van der Waals surface area contributed by atoms with E-state index in [-0.39, 0.29) is 24.9 Å². The van der Waals surface area contributed by atoms with Crippen LogP contribution in [-0.4, -0.2) is 47.6 Å². The van der Waals surface area contributed by atoms with Crippen molar-refractivity contribution in [1.29, 1.82) is 0 Å². The number of nitrogens with one attached hydrogen (secondary N) is 1. The summed E-state index contributed by atoms with van der Waals surface area (Å²) in [6, 6.07) is -0.286. The Hall–Kier alpha value is -0.810. The van der Waals surface area contributed by atoms with Gasteiger partial charge in [-0.2, -0.15) is 0 Å². The van der Waals surface area contributed by atoms with Crippen LogP contribution < -0.4 is 5.32 Å². The molecule has 2 N–H and O–H groups in total. The first kappa shape index (κ1) is 19.2. The second-order valence-corrected chi connectivity index (χ2v) is 5.36. The van der Waals surface area contributed by atoms with Crippen LogP contribution in [0.3, 0.4) is 0 Å². The van der Waals surface area contributed by atoms with Crippen LogP contribution in [0, 0.1) is 0 Å². The molecule has 1 aliphatic rings. The van der Waals surface area contributed by atoms with Crippen LogP contribution in [0.4, 0.5) is 0 Å². The Balaban J connectivity index is 0.00000361. The number of carboxylic acids is 1. The minimum absolute atomic E-state index is 0. The van der Waals surface area contributed by atoms with Crippen LogP contribution in [-0.2, 0) is 9.59 Å². The summed E-state index contributed by atoms with van der Waals surface area (Å²) in [5.41, 5.74) is 0. The number of nitrogens with zero attached hydrogens (tertiary/aromatic N) is 1. The van der Waals surface area contributed by atoms with Crippen molar-refractivity contribution in [2.75, 3.05) is 13.6 Å². The number of amides is 1. The number of rotatable bonds is 7. The molecule has 6 heteroatoms. The van der Waals surface area contributed by atoms with Crippen molar-refractivity contribution in [2.24, 2.45) is 0 Å². The molecule has 1 saturated carbocycles. The standard InChI is InChI=1S/C14H26N2O3.ClH/c1-3-7-12(14(18)19)15-10-13(17)16(2)11-8-5-4-6-9-11;/h11-12,15H,3-10H2,1-2H3,(H,18,19);1H. The number of carbonyl (C=O) groups excluding carboxylic acids is 1. The van der Waals surface area contributed by atoms with Crippen molar-refractivity contribution in [3.63, 3.8) is 0 Å². The van der Waals surface area contributed by atoms with E-state index in [1.807, 2.05) is 14.0 Å². The van der Waals surface area contributed by atoms with Crippen molar-refractivity contribution in [3.05, 3.63) is 0 Å². The van der Waals surface area contributed by atoms with Gasteiger partial charge in [0.1, 0.15) is 6.04 Å².